The minimum atomic E-state index is 0.516. The molecule has 1 N–H and O–H groups in total. The van der Waals surface area contributed by atoms with Crippen LogP contribution >= 0.6 is 0 Å². The molecule has 0 spiro atoms. The van der Waals surface area contributed by atoms with Crippen LogP contribution in [-0.4, -0.2) is 11.4 Å². The van der Waals surface area contributed by atoms with Crippen molar-refractivity contribution < 1.29 is 0 Å². The van der Waals surface area contributed by atoms with Crippen LogP contribution in [0.2, 0.25) is 0 Å². The van der Waals surface area contributed by atoms with Crippen LogP contribution in [0.25, 0.3) is 0 Å². The topological polar surface area (TPSA) is 36.2 Å². The molecule has 2 aromatic rings. The van der Waals surface area contributed by atoms with Crippen LogP contribution in [-0.2, 0) is 0 Å². The zero-order valence-electron chi connectivity index (χ0n) is 8.64. The molecule has 0 fully saturated rings. The third kappa shape index (κ3) is 1.27. The second kappa shape index (κ2) is 3.42. The van der Waals surface area contributed by atoms with Gasteiger partial charge in [-0.05, 0) is 6.07 Å². The van der Waals surface area contributed by atoms with Crippen LogP contribution in [0.3, 0.4) is 0 Å². The van der Waals surface area contributed by atoms with E-state index < -0.39 is 0 Å². The molecule has 76 valence electrons. The fraction of sp³-hybridized carbons (Fsp3) is 0. The van der Waals surface area contributed by atoms with Crippen LogP contribution in [0.1, 0.15) is 11.1 Å². The number of hydrogen-bond donors (Lipinski definition) is 1. The first kappa shape index (κ1) is 9.04. The maximum Gasteiger partial charge on any atom is 0.0965 e. The summed E-state index contributed by atoms with van der Waals surface area (Å²) in [6, 6.07) is 17.6. The number of nitrogens with zero attached hydrogens (tertiary/aromatic N) is 1. The Bertz CT molecular complexity index is 583. The van der Waals surface area contributed by atoms with E-state index in [1.807, 2.05) is 54.6 Å². The SMILES string of the molecule is N=C1C(c2ccccc2)=Nc2ccccc21. The molecule has 0 saturated heterocycles. The smallest absolute Gasteiger partial charge is 0.0965 e. The first-order valence-electron chi connectivity index (χ1n) is 5.19. The number of para-hydroxylation sites is 1. The predicted octanol–water partition coefficient (Wildman–Crippen LogP) is 3.19. The van der Waals surface area contributed by atoms with E-state index in [-0.39, 0.29) is 0 Å². The molecule has 0 unspecified atom stereocenters. The summed E-state index contributed by atoms with van der Waals surface area (Å²) in [6.07, 6.45) is 0. The Kier molecular flexibility index (Phi) is 1.93. The molecule has 1 heterocycles. The quantitative estimate of drug-likeness (QED) is 0.744. The van der Waals surface area contributed by atoms with Crippen molar-refractivity contribution in [1.82, 2.24) is 0 Å². The number of nitrogens with one attached hydrogen (secondary N) is 1. The molecule has 3 rings (SSSR count). The van der Waals surface area contributed by atoms with Crippen molar-refractivity contribution in [3.8, 4) is 0 Å². The van der Waals surface area contributed by atoms with Crippen molar-refractivity contribution in [2.75, 3.05) is 0 Å². The normalized spacial score (nSPS) is 13.5. The van der Waals surface area contributed by atoms with E-state index in [0.29, 0.717) is 5.71 Å². The van der Waals surface area contributed by atoms with E-state index in [2.05, 4.69) is 4.99 Å². The maximum atomic E-state index is 8.09. The summed E-state index contributed by atoms with van der Waals surface area (Å²) in [5.41, 5.74) is 4.10. The summed E-state index contributed by atoms with van der Waals surface area (Å²) in [5, 5.41) is 8.09. The van der Waals surface area contributed by atoms with E-state index >= 15 is 0 Å². The Balaban J connectivity index is 2.13. The second-order valence-electron chi connectivity index (χ2n) is 3.72. The largest absolute Gasteiger partial charge is 0.298 e. The molecule has 2 nitrogen and oxygen atoms in total. The Morgan fingerprint density at radius 1 is 0.812 bits per heavy atom. The monoisotopic (exact) mass is 206 g/mol. The summed E-state index contributed by atoms with van der Waals surface area (Å²) in [4.78, 5) is 4.50. The highest BCUT2D eigenvalue weighted by molar-refractivity contribution is 6.55. The molecule has 1 aliphatic rings. The Morgan fingerprint density at radius 2 is 1.50 bits per heavy atom. The number of fused-ring (bicyclic) bond motifs is 1. The average Bonchev–Trinajstić information content (AvgIpc) is 2.69. The summed E-state index contributed by atoms with van der Waals surface area (Å²) in [7, 11) is 0. The average molecular weight is 206 g/mol. The lowest BCUT2D eigenvalue weighted by Gasteiger charge is -2.00. The molecule has 2 aromatic carbocycles. The molecule has 0 amide bonds. The van der Waals surface area contributed by atoms with Crippen LogP contribution in [0, 0.1) is 5.41 Å². The lowest BCUT2D eigenvalue weighted by Crippen LogP contribution is -2.10. The molecule has 1 aliphatic heterocycles. The number of hydrogen-bond acceptors (Lipinski definition) is 2. The molecule has 0 aromatic heterocycles. The number of rotatable bonds is 1. The van der Waals surface area contributed by atoms with Gasteiger partial charge < -0.3 is 0 Å². The number of aliphatic imine (C=N–C) groups is 1. The van der Waals surface area contributed by atoms with Gasteiger partial charge in [-0.2, -0.15) is 0 Å². The van der Waals surface area contributed by atoms with E-state index in [1.165, 1.54) is 0 Å². The van der Waals surface area contributed by atoms with Crippen molar-refractivity contribution in [2.24, 2.45) is 4.99 Å². The zero-order valence-corrected chi connectivity index (χ0v) is 8.64. The van der Waals surface area contributed by atoms with E-state index in [9.17, 15) is 0 Å². The molecule has 0 atom stereocenters. The summed E-state index contributed by atoms with van der Waals surface area (Å²) < 4.78 is 0. The molecule has 2 heteroatoms. The van der Waals surface area contributed by atoms with Gasteiger partial charge in [-0.1, -0.05) is 48.5 Å². The standard InChI is InChI=1S/C14H10N2/c15-13-11-8-4-5-9-12(11)16-14(13)10-6-2-1-3-7-10/h1-9,15H. The van der Waals surface area contributed by atoms with Gasteiger partial charge in [0, 0.05) is 11.1 Å². The summed E-state index contributed by atoms with van der Waals surface area (Å²) in [5.74, 6) is 0. The molecule has 0 radical (unpaired) electrons. The van der Waals surface area contributed by atoms with Crippen molar-refractivity contribution in [3.63, 3.8) is 0 Å². The highest BCUT2D eigenvalue weighted by Gasteiger charge is 2.21. The summed E-state index contributed by atoms with van der Waals surface area (Å²) in [6.45, 7) is 0. The predicted molar refractivity (Wildman–Crippen MR) is 65.9 cm³/mol. The van der Waals surface area contributed by atoms with Crippen LogP contribution in [0.4, 0.5) is 5.69 Å². The highest BCUT2D eigenvalue weighted by Crippen LogP contribution is 2.28. The van der Waals surface area contributed by atoms with Gasteiger partial charge in [-0.15, -0.1) is 0 Å². The van der Waals surface area contributed by atoms with Gasteiger partial charge in [-0.25, -0.2) is 4.99 Å². The first-order chi connectivity index (χ1) is 7.86. The Hall–Kier alpha value is -2.22. The third-order valence-electron chi connectivity index (χ3n) is 2.69. The molecular formula is C14H10N2. The Morgan fingerprint density at radius 3 is 2.25 bits per heavy atom. The lowest BCUT2D eigenvalue weighted by molar-refractivity contribution is 1.51. The number of benzene rings is 2. The third-order valence-corrected chi connectivity index (χ3v) is 2.69. The van der Waals surface area contributed by atoms with Crippen molar-refractivity contribution in [2.45, 2.75) is 0 Å². The molecule has 0 bridgehead atoms. The fourth-order valence-electron chi connectivity index (χ4n) is 1.89. The zero-order chi connectivity index (χ0) is 11.0. The second-order valence-corrected chi connectivity index (χ2v) is 3.72. The van der Waals surface area contributed by atoms with Gasteiger partial charge in [0.2, 0.25) is 0 Å². The van der Waals surface area contributed by atoms with Crippen molar-refractivity contribution in [3.05, 3.63) is 65.7 Å². The maximum absolute atomic E-state index is 8.09. The minimum absolute atomic E-state index is 0.516. The van der Waals surface area contributed by atoms with Gasteiger partial charge in [0.25, 0.3) is 0 Å². The highest BCUT2D eigenvalue weighted by atomic mass is 14.8. The van der Waals surface area contributed by atoms with Gasteiger partial charge in [0.05, 0.1) is 17.1 Å². The van der Waals surface area contributed by atoms with Crippen LogP contribution in [0.15, 0.2) is 59.6 Å². The van der Waals surface area contributed by atoms with E-state index in [1.54, 1.807) is 0 Å². The van der Waals surface area contributed by atoms with Crippen LogP contribution in [0.5, 0.6) is 0 Å². The van der Waals surface area contributed by atoms with Gasteiger partial charge >= 0.3 is 0 Å². The Labute approximate surface area is 93.8 Å². The van der Waals surface area contributed by atoms with Crippen molar-refractivity contribution >= 4 is 17.1 Å². The van der Waals surface area contributed by atoms with Crippen molar-refractivity contribution in [1.29, 1.82) is 5.41 Å². The summed E-state index contributed by atoms with van der Waals surface area (Å²) >= 11 is 0. The molecular weight excluding hydrogens is 196 g/mol. The fourth-order valence-corrected chi connectivity index (χ4v) is 1.89. The van der Waals surface area contributed by atoms with E-state index in [0.717, 1.165) is 22.5 Å². The van der Waals surface area contributed by atoms with Gasteiger partial charge in [-0.3, -0.25) is 5.41 Å². The van der Waals surface area contributed by atoms with Crippen LogP contribution < -0.4 is 0 Å². The molecule has 16 heavy (non-hydrogen) atoms. The molecule has 0 aliphatic carbocycles. The van der Waals surface area contributed by atoms with E-state index in [4.69, 9.17) is 5.41 Å². The van der Waals surface area contributed by atoms with Gasteiger partial charge in [0.1, 0.15) is 0 Å². The lowest BCUT2D eigenvalue weighted by atomic mass is 10.0. The molecule has 0 saturated carbocycles. The minimum Gasteiger partial charge on any atom is -0.298 e. The first-order valence-corrected chi connectivity index (χ1v) is 5.19. The van der Waals surface area contributed by atoms with Gasteiger partial charge in [0.15, 0.2) is 0 Å².